The average Bonchev–Trinajstić information content (AvgIpc) is 2.47. The summed E-state index contributed by atoms with van der Waals surface area (Å²) in [6.45, 7) is 0. The number of ketones is 1. The molecule has 0 saturated carbocycles. The third-order valence-corrected chi connectivity index (χ3v) is 2.86. The number of nitrogens with zero attached hydrogens (tertiary/aromatic N) is 1. The van der Waals surface area contributed by atoms with E-state index in [0.717, 1.165) is 5.56 Å². The highest BCUT2D eigenvalue weighted by molar-refractivity contribution is 6.00. The van der Waals surface area contributed by atoms with Crippen LogP contribution in [0.4, 0.5) is 0 Å². The molecule has 1 atom stereocenters. The molecule has 0 aliphatic rings. The summed E-state index contributed by atoms with van der Waals surface area (Å²) >= 11 is 0. The Morgan fingerprint density at radius 1 is 1.26 bits per heavy atom. The second-order valence-corrected chi connectivity index (χ2v) is 4.21. The quantitative estimate of drug-likeness (QED) is 0.829. The van der Waals surface area contributed by atoms with Crippen molar-refractivity contribution in [3.05, 3.63) is 59.9 Å². The highest BCUT2D eigenvalue weighted by Gasteiger charge is 2.20. The Balaban J connectivity index is 2.15. The first kappa shape index (κ1) is 13.2. The van der Waals surface area contributed by atoms with Gasteiger partial charge in [0.15, 0.2) is 0 Å². The van der Waals surface area contributed by atoms with Gasteiger partial charge in [0.05, 0.1) is 13.2 Å². The lowest BCUT2D eigenvalue weighted by Gasteiger charge is -2.12. The number of pyridine rings is 1. The lowest BCUT2D eigenvalue weighted by atomic mass is 10.0. The van der Waals surface area contributed by atoms with E-state index < -0.39 is 6.04 Å². The maximum absolute atomic E-state index is 12.3. The molecule has 1 aromatic heterocycles. The van der Waals surface area contributed by atoms with Crippen LogP contribution in [0.5, 0.6) is 5.75 Å². The first-order valence-corrected chi connectivity index (χ1v) is 6.05. The van der Waals surface area contributed by atoms with Gasteiger partial charge in [-0.3, -0.25) is 4.79 Å². The van der Waals surface area contributed by atoms with Crippen LogP contribution < -0.4 is 10.5 Å². The van der Waals surface area contributed by atoms with Crippen molar-refractivity contribution in [2.75, 3.05) is 7.11 Å². The Morgan fingerprint density at radius 2 is 2.00 bits per heavy atom. The van der Waals surface area contributed by atoms with Gasteiger partial charge in [-0.15, -0.1) is 0 Å². The van der Waals surface area contributed by atoms with E-state index in [4.69, 9.17) is 10.5 Å². The molecule has 2 N–H and O–H groups in total. The molecule has 1 unspecified atom stereocenters. The predicted octanol–water partition coefficient (Wildman–Crippen LogP) is 1.84. The summed E-state index contributed by atoms with van der Waals surface area (Å²) in [4.78, 5) is 16.3. The first-order valence-electron chi connectivity index (χ1n) is 6.05. The fourth-order valence-corrected chi connectivity index (χ4v) is 1.88. The van der Waals surface area contributed by atoms with Crippen molar-refractivity contribution in [2.45, 2.75) is 12.5 Å². The third-order valence-electron chi connectivity index (χ3n) is 2.86. The first-order chi connectivity index (χ1) is 9.22. The Labute approximate surface area is 112 Å². The van der Waals surface area contributed by atoms with Gasteiger partial charge in [-0.25, -0.2) is 4.98 Å². The molecule has 19 heavy (non-hydrogen) atoms. The smallest absolute Gasteiger partial charge is 0.201 e. The zero-order valence-corrected chi connectivity index (χ0v) is 10.7. The van der Waals surface area contributed by atoms with Gasteiger partial charge in [0.2, 0.25) is 5.78 Å². The van der Waals surface area contributed by atoms with Crippen molar-refractivity contribution >= 4 is 5.78 Å². The maximum Gasteiger partial charge on any atom is 0.201 e. The van der Waals surface area contributed by atoms with E-state index in [1.165, 1.54) is 7.11 Å². The molecule has 4 nitrogen and oxygen atoms in total. The van der Waals surface area contributed by atoms with E-state index >= 15 is 0 Å². The number of carbonyl (C=O) groups excluding carboxylic acids is 1. The summed E-state index contributed by atoms with van der Waals surface area (Å²) in [5.74, 6) is 0.248. The van der Waals surface area contributed by atoms with Crippen LogP contribution in [0.2, 0.25) is 0 Å². The average molecular weight is 256 g/mol. The van der Waals surface area contributed by atoms with Crippen molar-refractivity contribution in [1.29, 1.82) is 0 Å². The Kier molecular flexibility index (Phi) is 4.26. The number of hydrogen-bond acceptors (Lipinski definition) is 4. The highest BCUT2D eigenvalue weighted by atomic mass is 16.5. The van der Waals surface area contributed by atoms with Crippen molar-refractivity contribution < 1.29 is 9.53 Å². The molecule has 2 aromatic rings. The van der Waals surface area contributed by atoms with E-state index in [1.807, 2.05) is 30.3 Å². The van der Waals surface area contributed by atoms with Gasteiger partial charge < -0.3 is 10.5 Å². The third kappa shape index (κ3) is 3.17. The number of nitrogens with two attached hydrogens (primary N) is 1. The van der Waals surface area contributed by atoms with Crippen LogP contribution in [0.3, 0.4) is 0 Å². The van der Waals surface area contributed by atoms with Crippen molar-refractivity contribution in [3.8, 4) is 5.75 Å². The molecule has 0 aliphatic carbocycles. The van der Waals surface area contributed by atoms with Crippen LogP contribution in [0.15, 0.2) is 48.7 Å². The number of benzene rings is 1. The van der Waals surface area contributed by atoms with Gasteiger partial charge in [-0.2, -0.15) is 0 Å². The van der Waals surface area contributed by atoms with Gasteiger partial charge in [0.1, 0.15) is 11.4 Å². The standard InChI is InChI=1S/C15H16N2O2/c1-19-13-8-5-9-17-14(13)15(18)12(16)10-11-6-3-2-4-7-11/h2-9,12H,10,16H2,1H3. The largest absolute Gasteiger partial charge is 0.494 e. The molecule has 1 heterocycles. The fourth-order valence-electron chi connectivity index (χ4n) is 1.88. The molecule has 1 aromatic carbocycles. The van der Waals surface area contributed by atoms with Gasteiger partial charge in [0.25, 0.3) is 0 Å². The van der Waals surface area contributed by atoms with Crippen LogP contribution in [-0.2, 0) is 6.42 Å². The summed E-state index contributed by atoms with van der Waals surface area (Å²) < 4.78 is 5.13. The fraction of sp³-hybridized carbons (Fsp3) is 0.200. The van der Waals surface area contributed by atoms with E-state index in [1.54, 1.807) is 18.3 Å². The maximum atomic E-state index is 12.3. The van der Waals surface area contributed by atoms with E-state index in [-0.39, 0.29) is 11.5 Å². The van der Waals surface area contributed by atoms with E-state index in [0.29, 0.717) is 12.2 Å². The molecule has 4 heteroatoms. The Bertz CT molecular complexity index is 555. The molecule has 0 spiro atoms. The summed E-state index contributed by atoms with van der Waals surface area (Å²) in [5.41, 5.74) is 7.27. The monoisotopic (exact) mass is 256 g/mol. The molecule has 0 aliphatic heterocycles. The Morgan fingerprint density at radius 3 is 2.68 bits per heavy atom. The topological polar surface area (TPSA) is 65.2 Å². The van der Waals surface area contributed by atoms with Crippen molar-refractivity contribution in [2.24, 2.45) is 5.73 Å². The minimum atomic E-state index is -0.619. The predicted molar refractivity (Wildman–Crippen MR) is 73.2 cm³/mol. The van der Waals surface area contributed by atoms with E-state index in [2.05, 4.69) is 4.98 Å². The minimum Gasteiger partial charge on any atom is -0.494 e. The van der Waals surface area contributed by atoms with Crippen molar-refractivity contribution in [1.82, 2.24) is 4.98 Å². The second kappa shape index (κ2) is 6.11. The molecular weight excluding hydrogens is 240 g/mol. The summed E-state index contributed by atoms with van der Waals surface area (Å²) in [7, 11) is 1.51. The molecule has 0 radical (unpaired) electrons. The minimum absolute atomic E-state index is 0.207. The summed E-state index contributed by atoms with van der Waals surface area (Å²) in [6, 6.07) is 12.5. The lowest BCUT2D eigenvalue weighted by molar-refractivity contribution is 0.0952. The molecule has 0 amide bonds. The highest BCUT2D eigenvalue weighted by Crippen LogP contribution is 2.17. The zero-order chi connectivity index (χ0) is 13.7. The molecule has 0 saturated heterocycles. The van der Waals surface area contributed by atoms with E-state index in [9.17, 15) is 4.79 Å². The summed E-state index contributed by atoms with van der Waals surface area (Å²) in [5, 5.41) is 0. The lowest BCUT2D eigenvalue weighted by Crippen LogP contribution is -2.33. The van der Waals surface area contributed by atoms with Gasteiger partial charge >= 0.3 is 0 Å². The van der Waals surface area contributed by atoms with Crippen LogP contribution >= 0.6 is 0 Å². The normalized spacial score (nSPS) is 11.9. The summed E-state index contributed by atoms with van der Waals surface area (Å²) in [6.07, 6.45) is 2.05. The molecule has 2 rings (SSSR count). The Hall–Kier alpha value is -2.20. The number of rotatable bonds is 5. The molecular formula is C15H16N2O2. The van der Waals surface area contributed by atoms with Gasteiger partial charge in [0, 0.05) is 6.20 Å². The molecule has 98 valence electrons. The van der Waals surface area contributed by atoms with Crippen LogP contribution in [0.1, 0.15) is 16.1 Å². The van der Waals surface area contributed by atoms with Crippen molar-refractivity contribution in [3.63, 3.8) is 0 Å². The number of ether oxygens (including phenoxy) is 1. The number of hydrogen-bond donors (Lipinski definition) is 1. The molecule has 0 bridgehead atoms. The van der Waals surface area contributed by atoms with Gasteiger partial charge in [-0.05, 0) is 24.1 Å². The zero-order valence-electron chi connectivity index (χ0n) is 10.7. The SMILES string of the molecule is COc1cccnc1C(=O)C(N)Cc1ccccc1. The van der Waals surface area contributed by atoms with Crippen LogP contribution in [-0.4, -0.2) is 23.9 Å². The number of carbonyl (C=O) groups is 1. The molecule has 0 fully saturated rings. The number of aromatic nitrogens is 1. The second-order valence-electron chi connectivity index (χ2n) is 4.21. The number of Topliss-reactive ketones (excluding diaryl/α,β-unsaturated/α-hetero) is 1. The number of methoxy groups -OCH3 is 1. The van der Waals surface area contributed by atoms with Crippen LogP contribution in [0, 0.1) is 0 Å². The van der Waals surface area contributed by atoms with Crippen LogP contribution in [0.25, 0.3) is 0 Å². The van der Waals surface area contributed by atoms with Gasteiger partial charge in [-0.1, -0.05) is 30.3 Å².